The maximum atomic E-state index is 10.8. The van der Waals surface area contributed by atoms with Crippen LogP contribution in [0.15, 0.2) is 24.3 Å². The van der Waals surface area contributed by atoms with Crippen LogP contribution in [0.25, 0.3) is 0 Å². The normalized spacial score (nSPS) is 12.3. The van der Waals surface area contributed by atoms with E-state index in [-0.39, 0.29) is 0 Å². The highest BCUT2D eigenvalue weighted by Gasteiger charge is 2.11. The molecule has 1 aromatic carbocycles. The molecule has 0 aromatic heterocycles. The quantitative estimate of drug-likeness (QED) is 0.510. The Hall–Kier alpha value is -0.885. The molecule has 0 spiro atoms. The lowest BCUT2D eigenvalue weighted by Crippen LogP contribution is -2.30. The van der Waals surface area contributed by atoms with Crippen LogP contribution in [0.2, 0.25) is 0 Å². The monoisotopic (exact) mass is 228 g/mol. The number of hydrogen-bond acceptors (Lipinski definition) is 4. The molecule has 1 rings (SSSR count). The highest BCUT2D eigenvalue weighted by atomic mass is 32.2. The van der Waals surface area contributed by atoms with E-state index >= 15 is 0 Å². The van der Waals surface area contributed by atoms with Crippen molar-refractivity contribution in [2.75, 3.05) is 10.8 Å². The summed E-state index contributed by atoms with van der Waals surface area (Å²) in [6.45, 7) is 2.04. The van der Waals surface area contributed by atoms with E-state index in [1.165, 1.54) is 24.3 Å². The van der Waals surface area contributed by atoms with Gasteiger partial charge in [-0.25, -0.2) is 0 Å². The first-order valence-electron chi connectivity index (χ1n) is 4.39. The van der Waals surface area contributed by atoms with Crippen molar-refractivity contribution in [3.63, 3.8) is 0 Å². The summed E-state index contributed by atoms with van der Waals surface area (Å²) < 4.78 is 22.7. The van der Waals surface area contributed by atoms with Crippen LogP contribution in [0.1, 0.15) is 6.92 Å². The summed E-state index contributed by atoms with van der Waals surface area (Å²) >= 11 is -2.31. The minimum absolute atomic E-state index is 0.325. The fourth-order valence-corrected chi connectivity index (χ4v) is 1.69. The van der Waals surface area contributed by atoms with Gasteiger partial charge in [0.15, 0.2) is 0 Å². The van der Waals surface area contributed by atoms with Crippen molar-refractivity contribution < 1.29 is 18.8 Å². The van der Waals surface area contributed by atoms with Gasteiger partial charge >= 0.3 is 7.12 Å². The van der Waals surface area contributed by atoms with E-state index in [0.29, 0.717) is 17.7 Å². The number of hydrogen-bond donors (Lipinski definition) is 2. The zero-order valence-corrected chi connectivity index (χ0v) is 8.98. The van der Waals surface area contributed by atoms with E-state index in [1.54, 1.807) is 6.92 Å². The third-order valence-electron chi connectivity index (χ3n) is 1.95. The van der Waals surface area contributed by atoms with E-state index < -0.39 is 18.4 Å². The summed E-state index contributed by atoms with van der Waals surface area (Å²) in [5.41, 5.74) is 0.821. The van der Waals surface area contributed by atoms with Gasteiger partial charge in [0.2, 0.25) is 0 Å². The van der Waals surface area contributed by atoms with Crippen LogP contribution in [0.4, 0.5) is 5.69 Å². The van der Waals surface area contributed by atoms with Crippen molar-refractivity contribution in [3.8, 4) is 0 Å². The molecule has 0 heterocycles. The molecule has 0 aliphatic heterocycles. The lowest BCUT2D eigenvalue weighted by Gasteiger charge is -2.24. The van der Waals surface area contributed by atoms with Crippen molar-refractivity contribution in [1.29, 1.82) is 0 Å². The van der Waals surface area contributed by atoms with Crippen LogP contribution < -0.4 is 9.77 Å². The second-order valence-electron chi connectivity index (χ2n) is 2.88. The van der Waals surface area contributed by atoms with E-state index in [4.69, 9.17) is 10.0 Å². The third-order valence-corrected chi connectivity index (χ3v) is 2.78. The maximum Gasteiger partial charge on any atom is 0.488 e. The number of nitrogens with zero attached hydrogens (tertiary/aromatic N) is 1. The van der Waals surface area contributed by atoms with Gasteiger partial charge in [-0.05, 0) is 24.5 Å². The largest absolute Gasteiger partial charge is 0.755 e. The molecule has 15 heavy (non-hydrogen) atoms. The smallest absolute Gasteiger partial charge is 0.488 e. The van der Waals surface area contributed by atoms with E-state index in [2.05, 4.69) is 0 Å². The van der Waals surface area contributed by atoms with Crippen molar-refractivity contribution in [1.82, 2.24) is 0 Å². The summed E-state index contributed by atoms with van der Waals surface area (Å²) in [7, 11) is -1.54. The van der Waals surface area contributed by atoms with Crippen molar-refractivity contribution in [3.05, 3.63) is 24.3 Å². The van der Waals surface area contributed by atoms with Gasteiger partial charge < -0.3 is 18.9 Å². The van der Waals surface area contributed by atoms with Crippen molar-refractivity contribution in [2.45, 2.75) is 6.92 Å². The van der Waals surface area contributed by atoms with E-state index in [9.17, 15) is 8.76 Å². The Morgan fingerprint density at radius 2 is 1.93 bits per heavy atom. The van der Waals surface area contributed by atoms with Crippen molar-refractivity contribution in [2.24, 2.45) is 0 Å². The second-order valence-corrected chi connectivity index (χ2v) is 3.75. The van der Waals surface area contributed by atoms with Gasteiger partial charge in [0.05, 0.1) is 0 Å². The van der Waals surface area contributed by atoms with Gasteiger partial charge in [-0.15, -0.1) is 0 Å². The standard InChI is InChI=1S/C8H12BNO4S/c1-2-10(15(13)14)8-5-3-7(4-6-8)9(11)12/h3-6,11-12H,2H2,1H3,(H,13,14)/p-1. The van der Waals surface area contributed by atoms with Crippen LogP contribution in [-0.2, 0) is 11.3 Å². The molecule has 0 bridgehead atoms. The molecule has 1 unspecified atom stereocenters. The molecule has 5 nitrogen and oxygen atoms in total. The van der Waals surface area contributed by atoms with Crippen LogP contribution in [-0.4, -0.2) is 32.5 Å². The minimum Gasteiger partial charge on any atom is -0.755 e. The number of benzene rings is 1. The Balaban J connectivity index is 2.92. The van der Waals surface area contributed by atoms with Crippen LogP contribution >= 0.6 is 0 Å². The average Bonchev–Trinajstić information content (AvgIpc) is 2.19. The molecule has 7 heteroatoms. The zero-order chi connectivity index (χ0) is 11.4. The molecule has 1 atom stereocenters. The Bertz CT molecular complexity index is 343. The van der Waals surface area contributed by atoms with Gasteiger partial charge in [0, 0.05) is 23.5 Å². The van der Waals surface area contributed by atoms with Crippen LogP contribution in [0.3, 0.4) is 0 Å². The molecular weight excluding hydrogens is 217 g/mol. The molecule has 0 aliphatic carbocycles. The molecule has 82 valence electrons. The highest BCUT2D eigenvalue weighted by Crippen LogP contribution is 2.13. The Morgan fingerprint density at radius 1 is 1.40 bits per heavy atom. The third kappa shape index (κ3) is 3.03. The number of rotatable bonds is 4. The fourth-order valence-electron chi connectivity index (χ4n) is 1.19. The second kappa shape index (κ2) is 5.27. The van der Waals surface area contributed by atoms with Crippen LogP contribution in [0.5, 0.6) is 0 Å². The van der Waals surface area contributed by atoms with Crippen LogP contribution in [0, 0.1) is 0 Å². The number of anilines is 1. The fraction of sp³-hybridized carbons (Fsp3) is 0.250. The van der Waals surface area contributed by atoms with Gasteiger partial charge in [-0.2, -0.15) is 0 Å². The molecular formula is C8H11BNO4S-. The van der Waals surface area contributed by atoms with E-state index in [1.807, 2.05) is 0 Å². The predicted octanol–water partition coefficient (Wildman–Crippen LogP) is -1.01. The Labute approximate surface area is 90.9 Å². The maximum absolute atomic E-state index is 10.8. The predicted molar refractivity (Wildman–Crippen MR) is 58.2 cm³/mol. The summed E-state index contributed by atoms with van der Waals surface area (Å²) in [5, 5.41) is 17.7. The zero-order valence-electron chi connectivity index (χ0n) is 8.16. The molecule has 0 saturated carbocycles. The lowest BCUT2D eigenvalue weighted by atomic mass is 9.80. The molecule has 0 amide bonds. The first-order chi connectivity index (χ1) is 7.06. The molecule has 2 N–H and O–H groups in total. The first kappa shape index (κ1) is 12.2. The minimum atomic E-state index is -2.31. The lowest BCUT2D eigenvalue weighted by molar-refractivity contribution is 0.426. The molecule has 0 saturated heterocycles. The first-order valence-corrected chi connectivity index (χ1v) is 5.42. The van der Waals surface area contributed by atoms with Gasteiger partial charge in [-0.1, -0.05) is 12.1 Å². The Morgan fingerprint density at radius 3 is 2.27 bits per heavy atom. The summed E-state index contributed by atoms with van der Waals surface area (Å²) in [5.74, 6) is 0. The van der Waals surface area contributed by atoms with Gasteiger partial charge in [0.1, 0.15) is 0 Å². The molecule has 0 radical (unpaired) electrons. The SMILES string of the molecule is CCN(c1ccc(B(O)O)cc1)S(=O)[O-]. The molecule has 0 fully saturated rings. The average molecular weight is 228 g/mol. The summed E-state index contributed by atoms with van der Waals surface area (Å²) in [6, 6.07) is 5.98. The van der Waals surface area contributed by atoms with Gasteiger partial charge in [-0.3, -0.25) is 4.21 Å². The Kier molecular flexibility index (Phi) is 4.28. The summed E-state index contributed by atoms with van der Waals surface area (Å²) in [4.78, 5) is 0. The highest BCUT2D eigenvalue weighted by molar-refractivity contribution is 7.80. The van der Waals surface area contributed by atoms with E-state index in [0.717, 1.165) is 4.31 Å². The molecule has 0 aliphatic rings. The molecule has 1 aromatic rings. The van der Waals surface area contributed by atoms with Crippen molar-refractivity contribution >= 4 is 29.5 Å². The summed E-state index contributed by atoms with van der Waals surface area (Å²) in [6.07, 6.45) is 0. The van der Waals surface area contributed by atoms with Gasteiger partial charge in [0.25, 0.3) is 0 Å². The topological polar surface area (TPSA) is 83.8 Å².